The molecule has 0 aliphatic heterocycles. The van der Waals surface area contributed by atoms with E-state index in [1.807, 2.05) is 13.1 Å². The third-order valence-corrected chi connectivity index (χ3v) is 3.40. The quantitative estimate of drug-likeness (QED) is 0.819. The van der Waals surface area contributed by atoms with Crippen LogP contribution in [0.4, 0.5) is 5.69 Å². The van der Waals surface area contributed by atoms with Crippen LogP contribution in [0.3, 0.4) is 0 Å². The number of hydrogen-bond acceptors (Lipinski definition) is 3. The molecule has 1 saturated carbocycles. The van der Waals surface area contributed by atoms with Gasteiger partial charge >= 0.3 is 0 Å². The maximum atomic E-state index is 4.21. The second-order valence-corrected chi connectivity index (χ2v) is 4.67. The van der Waals surface area contributed by atoms with Gasteiger partial charge in [0.05, 0.1) is 0 Å². The molecule has 1 aromatic heterocycles. The molecule has 0 saturated heterocycles. The zero-order chi connectivity index (χ0) is 11.4. The maximum Gasteiger partial charge on any atom is 0.0393 e. The van der Waals surface area contributed by atoms with E-state index in [1.54, 1.807) is 0 Å². The SMILES string of the molecule is CNC1CCC(Nc2ccnc(C)c2)CC1. The van der Waals surface area contributed by atoms with Gasteiger partial charge in [-0.2, -0.15) is 0 Å². The van der Waals surface area contributed by atoms with Crippen molar-refractivity contribution in [3.05, 3.63) is 24.0 Å². The summed E-state index contributed by atoms with van der Waals surface area (Å²) in [6.07, 6.45) is 6.94. The first-order valence-electron chi connectivity index (χ1n) is 6.14. The molecule has 0 unspecified atom stereocenters. The molecule has 0 bridgehead atoms. The first-order valence-corrected chi connectivity index (χ1v) is 6.14. The third-order valence-electron chi connectivity index (χ3n) is 3.40. The lowest BCUT2D eigenvalue weighted by atomic mass is 9.91. The van der Waals surface area contributed by atoms with E-state index in [0.29, 0.717) is 6.04 Å². The summed E-state index contributed by atoms with van der Waals surface area (Å²) in [6.45, 7) is 2.03. The fourth-order valence-corrected chi connectivity index (χ4v) is 2.40. The van der Waals surface area contributed by atoms with E-state index in [0.717, 1.165) is 11.7 Å². The average molecular weight is 219 g/mol. The number of anilines is 1. The van der Waals surface area contributed by atoms with Crippen LogP contribution in [0, 0.1) is 6.92 Å². The van der Waals surface area contributed by atoms with E-state index >= 15 is 0 Å². The second-order valence-electron chi connectivity index (χ2n) is 4.67. The molecule has 2 rings (SSSR count). The number of aryl methyl sites for hydroxylation is 1. The van der Waals surface area contributed by atoms with Crippen LogP contribution in [0.15, 0.2) is 18.3 Å². The van der Waals surface area contributed by atoms with Crippen LogP contribution < -0.4 is 10.6 Å². The van der Waals surface area contributed by atoms with E-state index in [2.05, 4.69) is 34.8 Å². The maximum absolute atomic E-state index is 4.21. The molecule has 1 fully saturated rings. The summed E-state index contributed by atoms with van der Waals surface area (Å²) < 4.78 is 0. The summed E-state index contributed by atoms with van der Waals surface area (Å²) >= 11 is 0. The first-order chi connectivity index (χ1) is 7.78. The number of pyridine rings is 1. The number of rotatable bonds is 3. The van der Waals surface area contributed by atoms with Crippen LogP contribution in [0.25, 0.3) is 0 Å². The highest BCUT2D eigenvalue weighted by molar-refractivity contribution is 5.43. The van der Waals surface area contributed by atoms with Gasteiger partial charge in [-0.1, -0.05) is 0 Å². The van der Waals surface area contributed by atoms with Gasteiger partial charge in [0.2, 0.25) is 0 Å². The average Bonchev–Trinajstić information content (AvgIpc) is 2.30. The largest absolute Gasteiger partial charge is 0.382 e. The van der Waals surface area contributed by atoms with Gasteiger partial charge in [0, 0.05) is 29.7 Å². The Morgan fingerprint density at radius 3 is 2.50 bits per heavy atom. The Morgan fingerprint density at radius 1 is 1.19 bits per heavy atom. The number of hydrogen-bond donors (Lipinski definition) is 2. The summed E-state index contributed by atoms with van der Waals surface area (Å²) in [5.41, 5.74) is 2.29. The minimum atomic E-state index is 0.631. The van der Waals surface area contributed by atoms with Crippen molar-refractivity contribution in [2.75, 3.05) is 12.4 Å². The van der Waals surface area contributed by atoms with Gasteiger partial charge in [0.1, 0.15) is 0 Å². The molecule has 3 heteroatoms. The molecule has 3 nitrogen and oxygen atoms in total. The van der Waals surface area contributed by atoms with E-state index in [-0.39, 0.29) is 0 Å². The molecule has 0 spiro atoms. The summed E-state index contributed by atoms with van der Waals surface area (Å²) in [5, 5.41) is 6.96. The van der Waals surface area contributed by atoms with E-state index < -0.39 is 0 Å². The Kier molecular flexibility index (Phi) is 3.78. The predicted molar refractivity (Wildman–Crippen MR) is 67.7 cm³/mol. The monoisotopic (exact) mass is 219 g/mol. The predicted octanol–water partition coefficient (Wildman–Crippen LogP) is 2.33. The first kappa shape index (κ1) is 11.4. The van der Waals surface area contributed by atoms with Gasteiger partial charge in [-0.25, -0.2) is 0 Å². The van der Waals surface area contributed by atoms with E-state index in [9.17, 15) is 0 Å². The highest BCUT2D eigenvalue weighted by Crippen LogP contribution is 2.22. The molecule has 88 valence electrons. The zero-order valence-electron chi connectivity index (χ0n) is 10.2. The molecule has 16 heavy (non-hydrogen) atoms. The Balaban J connectivity index is 1.87. The van der Waals surface area contributed by atoms with Crippen LogP contribution in [-0.2, 0) is 0 Å². The van der Waals surface area contributed by atoms with Crippen LogP contribution in [0.1, 0.15) is 31.4 Å². The van der Waals surface area contributed by atoms with Gasteiger partial charge in [-0.05, 0) is 51.8 Å². The minimum Gasteiger partial charge on any atom is -0.382 e. The van der Waals surface area contributed by atoms with Crippen molar-refractivity contribution in [1.29, 1.82) is 0 Å². The van der Waals surface area contributed by atoms with Gasteiger partial charge in [-0.3, -0.25) is 4.98 Å². The van der Waals surface area contributed by atoms with Crippen molar-refractivity contribution in [2.45, 2.75) is 44.7 Å². The van der Waals surface area contributed by atoms with Crippen molar-refractivity contribution >= 4 is 5.69 Å². The lowest BCUT2D eigenvalue weighted by Crippen LogP contribution is -2.34. The Hall–Kier alpha value is -1.09. The molecule has 0 amide bonds. The van der Waals surface area contributed by atoms with Crippen LogP contribution >= 0.6 is 0 Å². The molecule has 2 N–H and O–H groups in total. The Bertz CT molecular complexity index is 330. The summed E-state index contributed by atoms with van der Waals surface area (Å²) in [4.78, 5) is 4.21. The molecule has 0 radical (unpaired) electrons. The van der Waals surface area contributed by atoms with Crippen LogP contribution in [0.2, 0.25) is 0 Å². The highest BCUT2D eigenvalue weighted by atomic mass is 14.9. The van der Waals surface area contributed by atoms with Crippen LogP contribution in [0.5, 0.6) is 0 Å². The summed E-state index contributed by atoms with van der Waals surface area (Å²) in [7, 11) is 2.06. The molecule has 0 aromatic carbocycles. The van der Waals surface area contributed by atoms with Crippen molar-refractivity contribution in [2.24, 2.45) is 0 Å². The standard InChI is InChI=1S/C13H21N3/c1-10-9-13(7-8-15-10)16-12-5-3-11(14-2)4-6-12/h7-9,11-12,14H,3-6H2,1-2H3,(H,15,16). The normalized spacial score (nSPS) is 25.4. The summed E-state index contributed by atoms with van der Waals surface area (Å²) in [5.74, 6) is 0. The smallest absolute Gasteiger partial charge is 0.0393 e. The summed E-state index contributed by atoms with van der Waals surface area (Å²) in [6, 6.07) is 5.52. The molecule has 0 atom stereocenters. The fraction of sp³-hybridized carbons (Fsp3) is 0.615. The minimum absolute atomic E-state index is 0.631. The lowest BCUT2D eigenvalue weighted by Gasteiger charge is -2.29. The van der Waals surface area contributed by atoms with Gasteiger partial charge in [0.25, 0.3) is 0 Å². The molecular weight excluding hydrogens is 198 g/mol. The molecule has 1 heterocycles. The van der Waals surface area contributed by atoms with E-state index in [4.69, 9.17) is 0 Å². The van der Waals surface area contributed by atoms with Crippen molar-refractivity contribution in [1.82, 2.24) is 10.3 Å². The Morgan fingerprint density at radius 2 is 1.88 bits per heavy atom. The van der Waals surface area contributed by atoms with Crippen molar-refractivity contribution in [3.63, 3.8) is 0 Å². The number of nitrogens with one attached hydrogen (secondary N) is 2. The van der Waals surface area contributed by atoms with Crippen molar-refractivity contribution < 1.29 is 0 Å². The third kappa shape index (κ3) is 2.95. The van der Waals surface area contributed by atoms with Crippen molar-refractivity contribution in [3.8, 4) is 0 Å². The topological polar surface area (TPSA) is 37.0 Å². The molecule has 1 aliphatic carbocycles. The zero-order valence-corrected chi connectivity index (χ0v) is 10.2. The highest BCUT2D eigenvalue weighted by Gasteiger charge is 2.19. The second kappa shape index (κ2) is 5.30. The fourth-order valence-electron chi connectivity index (χ4n) is 2.40. The number of aromatic nitrogens is 1. The van der Waals surface area contributed by atoms with Gasteiger partial charge in [0.15, 0.2) is 0 Å². The van der Waals surface area contributed by atoms with Gasteiger partial charge < -0.3 is 10.6 Å². The van der Waals surface area contributed by atoms with E-state index in [1.165, 1.54) is 31.4 Å². The lowest BCUT2D eigenvalue weighted by molar-refractivity contribution is 0.371. The number of nitrogens with zero attached hydrogens (tertiary/aromatic N) is 1. The molecule has 1 aliphatic rings. The Labute approximate surface area is 97.7 Å². The van der Waals surface area contributed by atoms with Crippen LogP contribution in [-0.4, -0.2) is 24.1 Å². The molecular formula is C13H21N3. The molecule has 1 aromatic rings. The van der Waals surface area contributed by atoms with Gasteiger partial charge in [-0.15, -0.1) is 0 Å².